The van der Waals surface area contributed by atoms with Crippen LogP contribution < -0.4 is 5.73 Å². The highest BCUT2D eigenvalue weighted by molar-refractivity contribution is 5.69. The van der Waals surface area contributed by atoms with Crippen molar-refractivity contribution in [2.24, 2.45) is 5.73 Å². The highest BCUT2D eigenvalue weighted by atomic mass is 19.1. The number of halogens is 1. The van der Waals surface area contributed by atoms with Gasteiger partial charge >= 0.3 is 0 Å². The van der Waals surface area contributed by atoms with Gasteiger partial charge in [0.25, 0.3) is 0 Å². The molecule has 0 radical (unpaired) electrons. The number of ether oxygens (including phenoxy) is 1. The maximum absolute atomic E-state index is 15.3. The van der Waals surface area contributed by atoms with Crippen molar-refractivity contribution in [2.45, 2.75) is 65.2 Å². The van der Waals surface area contributed by atoms with Crippen LogP contribution in [0.3, 0.4) is 0 Å². The lowest BCUT2D eigenvalue weighted by Crippen LogP contribution is -2.28. The molecule has 3 atom stereocenters. The van der Waals surface area contributed by atoms with E-state index in [0.29, 0.717) is 5.56 Å². The van der Waals surface area contributed by atoms with Crippen molar-refractivity contribution in [1.82, 2.24) is 4.98 Å². The number of nitrogens with zero attached hydrogens (tertiary/aromatic N) is 1. The van der Waals surface area contributed by atoms with Crippen LogP contribution in [0.4, 0.5) is 4.39 Å². The van der Waals surface area contributed by atoms with Crippen LogP contribution in [0.5, 0.6) is 0 Å². The van der Waals surface area contributed by atoms with E-state index < -0.39 is 0 Å². The first-order valence-corrected chi connectivity index (χ1v) is 9.01. The van der Waals surface area contributed by atoms with Gasteiger partial charge in [-0.25, -0.2) is 4.39 Å². The maximum atomic E-state index is 15.3. The number of hydrogen-bond acceptors (Lipinski definition) is 3. The normalized spacial score (nSPS) is 23.7. The molecule has 1 aromatic carbocycles. The van der Waals surface area contributed by atoms with Crippen molar-refractivity contribution in [1.29, 1.82) is 0 Å². The molecule has 4 heteroatoms. The van der Waals surface area contributed by atoms with Gasteiger partial charge in [-0.05, 0) is 75.3 Å². The molecule has 1 aliphatic rings. The summed E-state index contributed by atoms with van der Waals surface area (Å²) in [5, 5.41) is 0. The molecule has 134 valence electrons. The summed E-state index contributed by atoms with van der Waals surface area (Å²) in [6.07, 6.45) is 2.00. The zero-order valence-electron chi connectivity index (χ0n) is 15.5. The molecule has 0 amide bonds. The van der Waals surface area contributed by atoms with Crippen LogP contribution in [0.1, 0.15) is 55.1 Å². The van der Waals surface area contributed by atoms with E-state index in [4.69, 9.17) is 10.5 Å². The molecule has 3 rings (SSSR count). The average Bonchev–Trinajstić information content (AvgIpc) is 2.52. The van der Waals surface area contributed by atoms with E-state index in [1.165, 1.54) is 0 Å². The number of hydrogen-bond donors (Lipinski definition) is 1. The van der Waals surface area contributed by atoms with Crippen LogP contribution in [0.15, 0.2) is 24.3 Å². The number of aryl methyl sites for hydroxylation is 2. The summed E-state index contributed by atoms with van der Waals surface area (Å²) in [4.78, 5) is 4.41. The molecule has 1 aliphatic heterocycles. The summed E-state index contributed by atoms with van der Waals surface area (Å²) in [6, 6.07) is 7.92. The Hall–Kier alpha value is -1.78. The number of benzene rings is 1. The van der Waals surface area contributed by atoms with Crippen molar-refractivity contribution in [3.05, 3.63) is 52.6 Å². The van der Waals surface area contributed by atoms with Crippen LogP contribution in [-0.4, -0.2) is 17.2 Å². The van der Waals surface area contributed by atoms with Crippen LogP contribution in [0.25, 0.3) is 11.1 Å². The number of nitrogens with two attached hydrogens (primary N) is 1. The average molecular weight is 342 g/mol. The first-order chi connectivity index (χ1) is 11.9. The lowest BCUT2D eigenvalue weighted by Gasteiger charge is -2.33. The van der Waals surface area contributed by atoms with Gasteiger partial charge in [-0.3, -0.25) is 4.98 Å². The van der Waals surface area contributed by atoms with E-state index in [1.807, 2.05) is 38.1 Å². The zero-order chi connectivity index (χ0) is 18.1. The third kappa shape index (κ3) is 3.75. The quantitative estimate of drug-likeness (QED) is 0.884. The van der Waals surface area contributed by atoms with Gasteiger partial charge < -0.3 is 10.5 Å². The van der Waals surface area contributed by atoms with Crippen molar-refractivity contribution in [3.8, 4) is 11.1 Å². The fourth-order valence-corrected chi connectivity index (χ4v) is 4.07. The Morgan fingerprint density at radius 2 is 1.72 bits per heavy atom. The lowest BCUT2D eigenvalue weighted by atomic mass is 9.84. The van der Waals surface area contributed by atoms with Crippen LogP contribution in [0, 0.1) is 19.7 Å². The topological polar surface area (TPSA) is 48.1 Å². The Bertz CT molecular complexity index is 744. The second kappa shape index (κ2) is 7.22. The van der Waals surface area contributed by atoms with Gasteiger partial charge in [0.05, 0.1) is 12.2 Å². The first kappa shape index (κ1) is 18.0. The monoisotopic (exact) mass is 342 g/mol. The number of pyridine rings is 1. The van der Waals surface area contributed by atoms with Gasteiger partial charge in [0.15, 0.2) is 0 Å². The van der Waals surface area contributed by atoms with Gasteiger partial charge in [0.2, 0.25) is 0 Å². The molecule has 2 aromatic rings. The largest absolute Gasteiger partial charge is 0.376 e. The molecule has 2 heterocycles. The summed E-state index contributed by atoms with van der Waals surface area (Å²) in [7, 11) is 0. The molecule has 0 aliphatic carbocycles. The molecule has 0 saturated carbocycles. The maximum Gasteiger partial charge on any atom is 0.131 e. The predicted octanol–water partition coefficient (Wildman–Crippen LogP) is 4.63. The SMILES string of the molecule is Cc1cc(-c2ccc(C3C[C@@H](C)O[C@@H](C)C3)c(F)c2CN)cc(C)n1. The zero-order valence-corrected chi connectivity index (χ0v) is 15.5. The Morgan fingerprint density at radius 1 is 1.12 bits per heavy atom. The predicted molar refractivity (Wildman–Crippen MR) is 99.0 cm³/mol. The fourth-order valence-electron chi connectivity index (χ4n) is 4.07. The fraction of sp³-hybridized carbons (Fsp3) is 0.476. The minimum Gasteiger partial charge on any atom is -0.376 e. The first-order valence-electron chi connectivity index (χ1n) is 9.01. The summed E-state index contributed by atoms with van der Waals surface area (Å²) >= 11 is 0. The minimum atomic E-state index is -0.154. The van der Waals surface area contributed by atoms with Crippen molar-refractivity contribution < 1.29 is 9.13 Å². The smallest absolute Gasteiger partial charge is 0.131 e. The second-order valence-electron chi connectivity index (χ2n) is 7.26. The molecule has 0 bridgehead atoms. The molecule has 3 nitrogen and oxygen atoms in total. The third-order valence-electron chi connectivity index (χ3n) is 5.01. The van der Waals surface area contributed by atoms with Crippen molar-refractivity contribution in [3.63, 3.8) is 0 Å². The molecule has 1 aromatic heterocycles. The third-order valence-corrected chi connectivity index (χ3v) is 5.01. The van der Waals surface area contributed by atoms with Crippen LogP contribution in [-0.2, 0) is 11.3 Å². The highest BCUT2D eigenvalue weighted by Crippen LogP contribution is 2.37. The van der Waals surface area contributed by atoms with Gasteiger partial charge in [0, 0.05) is 23.5 Å². The molecular weight excluding hydrogens is 315 g/mol. The van der Waals surface area contributed by atoms with E-state index >= 15 is 4.39 Å². The molecular formula is C21H27FN2O. The molecule has 0 spiro atoms. The Labute approximate surface area is 149 Å². The van der Waals surface area contributed by atoms with Gasteiger partial charge in [-0.15, -0.1) is 0 Å². The van der Waals surface area contributed by atoms with E-state index in [2.05, 4.69) is 18.8 Å². The molecule has 1 unspecified atom stereocenters. The van der Waals surface area contributed by atoms with Gasteiger partial charge in [-0.1, -0.05) is 12.1 Å². The Balaban J connectivity index is 2.05. The van der Waals surface area contributed by atoms with Gasteiger partial charge in [0.1, 0.15) is 5.82 Å². The van der Waals surface area contributed by atoms with E-state index in [0.717, 1.165) is 40.9 Å². The summed E-state index contributed by atoms with van der Waals surface area (Å²) < 4.78 is 21.1. The number of rotatable bonds is 3. The standard InChI is InChI=1S/C21H27FN2O/c1-12-7-16(8-13(2)24-12)18-5-6-19(21(22)20(18)11-23)17-9-14(3)25-15(4)10-17/h5-8,14-15,17H,9-11,23H2,1-4H3/t14-,15+,17?. The van der Waals surface area contributed by atoms with Crippen molar-refractivity contribution in [2.75, 3.05) is 0 Å². The highest BCUT2D eigenvalue weighted by Gasteiger charge is 2.28. The summed E-state index contributed by atoms with van der Waals surface area (Å²) in [5.41, 5.74) is 11.0. The molecule has 1 fully saturated rings. The van der Waals surface area contributed by atoms with Crippen molar-refractivity contribution >= 4 is 0 Å². The van der Waals surface area contributed by atoms with Gasteiger partial charge in [-0.2, -0.15) is 0 Å². The summed E-state index contributed by atoms with van der Waals surface area (Å²) in [5.74, 6) is 0.0254. The lowest BCUT2D eigenvalue weighted by molar-refractivity contribution is -0.0384. The Morgan fingerprint density at radius 3 is 2.28 bits per heavy atom. The number of aromatic nitrogens is 1. The molecule has 1 saturated heterocycles. The van der Waals surface area contributed by atoms with Crippen LogP contribution >= 0.6 is 0 Å². The van der Waals surface area contributed by atoms with E-state index in [9.17, 15) is 0 Å². The minimum absolute atomic E-state index is 0.152. The molecule has 25 heavy (non-hydrogen) atoms. The van der Waals surface area contributed by atoms with Crippen LogP contribution in [0.2, 0.25) is 0 Å². The Kier molecular flexibility index (Phi) is 5.21. The second-order valence-corrected chi connectivity index (χ2v) is 7.26. The molecule has 2 N–H and O–H groups in total. The van der Waals surface area contributed by atoms with E-state index in [-0.39, 0.29) is 30.5 Å². The van der Waals surface area contributed by atoms with E-state index in [1.54, 1.807) is 0 Å². The summed E-state index contributed by atoms with van der Waals surface area (Å²) in [6.45, 7) is 8.20.